The van der Waals surface area contributed by atoms with Gasteiger partial charge in [0.2, 0.25) is 0 Å². The van der Waals surface area contributed by atoms with E-state index < -0.39 is 10.7 Å². The van der Waals surface area contributed by atoms with E-state index in [1.807, 2.05) is 0 Å². The molecule has 1 aromatic carbocycles. The summed E-state index contributed by atoms with van der Waals surface area (Å²) in [7, 11) is -2.53. The van der Waals surface area contributed by atoms with Gasteiger partial charge in [-0.15, -0.1) is 0 Å². The second-order valence-corrected chi connectivity index (χ2v) is 6.82. The van der Waals surface area contributed by atoms with Gasteiger partial charge >= 0.3 is 0 Å². The highest BCUT2D eigenvalue weighted by Crippen LogP contribution is 2.15. The fourth-order valence-electron chi connectivity index (χ4n) is 2.47. The molecule has 0 aliphatic carbocycles. The summed E-state index contributed by atoms with van der Waals surface area (Å²) >= 11 is 0. The zero-order valence-electron chi connectivity index (χ0n) is 13.8. The predicted octanol–water partition coefficient (Wildman–Crippen LogP) is 4.96. The summed E-state index contributed by atoms with van der Waals surface area (Å²) in [5, 5.41) is 0. The quantitative estimate of drug-likeness (QED) is 0.412. The highest BCUT2D eigenvalue weighted by atomic mass is 32.2. The van der Waals surface area contributed by atoms with Gasteiger partial charge in [0.1, 0.15) is 5.75 Å². The normalized spacial score (nSPS) is 11.0. The zero-order chi connectivity index (χ0) is 16.0. The molecular weight excluding hydrogens is 296 g/mol. The van der Waals surface area contributed by atoms with Crippen LogP contribution in [-0.4, -0.2) is 15.0 Å². The Hall–Kier alpha value is -1.03. The molecule has 0 saturated heterocycles. The third-order valence-electron chi connectivity index (χ3n) is 3.80. The molecule has 0 heterocycles. The van der Waals surface area contributed by atoms with Crippen LogP contribution in [0.5, 0.6) is 5.75 Å². The molecule has 1 rings (SSSR count). The van der Waals surface area contributed by atoms with Crippen LogP contribution in [0.4, 0.5) is 0 Å². The molecule has 0 saturated carbocycles. The second-order valence-electron chi connectivity index (χ2n) is 5.78. The topological polar surface area (TPSA) is 43.4 Å². The van der Waals surface area contributed by atoms with E-state index in [1.54, 1.807) is 24.3 Å². The monoisotopic (exact) mass is 326 g/mol. The molecule has 0 fully saturated rings. The fraction of sp³-hybridized carbons (Fsp3) is 0.667. The van der Waals surface area contributed by atoms with Crippen molar-refractivity contribution >= 4 is 10.7 Å². The molecule has 0 N–H and O–H groups in total. The summed E-state index contributed by atoms with van der Waals surface area (Å²) in [5.41, 5.74) is 0. The average molecular weight is 327 g/mol. The number of benzene rings is 1. The first kappa shape index (κ1) is 19.0. The summed E-state index contributed by atoms with van der Waals surface area (Å²) in [6.07, 6.45) is 13.0. The Bertz CT molecular complexity index is 461. The lowest BCUT2D eigenvalue weighted by Crippen LogP contribution is -1.97. The maximum absolute atomic E-state index is 10.9. The summed E-state index contributed by atoms with van der Waals surface area (Å²) in [4.78, 5) is 0.315. The van der Waals surface area contributed by atoms with Crippen molar-refractivity contribution in [2.24, 2.45) is 0 Å². The molecule has 22 heavy (non-hydrogen) atoms. The van der Waals surface area contributed by atoms with E-state index in [2.05, 4.69) is 6.92 Å². The molecule has 0 amide bonds. The number of unbranched alkanes of at least 4 members (excludes halogenated alkanes) is 9. The summed E-state index contributed by atoms with van der Waals surface area (Å²) < 4.78 is 27.4. The molecule has 4 heteroatoms. The van der Waals surface area contributed by atoms with Crippen molar-refractivity contribution in [2.45, 2.75) is 76.0 Å². The van der Waals surface area contributed by atoms with Gasteiger partial charge in [-0.05, 0) is 24.6 Å². The van der Waals surface area contributed by atoms with Crippen LogP contribution in [0.25, 0.3) is 0 Å². The average Bonchev–Trinajstić information content (AvgIpc) is 2.53. The molecule has 126 valence electrons. The number of thiol groups is 1. The molecule has 0 unspecified atom stereocenters. The minimum atomic E-state index is -2.53. The number of hydrogen-bond donors (Lipinski definition) is 1. The number of hydrogen-bond acceptors (Lipinski definition) is 3. The minimum absolute atomic E-state index is 0.315. The summed E-state index contributed by atoms with van der Waals surface area (Å²) in [5.74, 6) is 0.646. The van der Waals surface area contributed by atoms with Gasteiger partial charge in [0.05, 0.1) is 11.5 Å². The molecule has 0 atom stereocenters. The van der Waals surface area contributed by atoms with Crippen molar-refractivity contribution < 1.29 is 13.2 Å². The molecule has 0 bridgehead atoms. The second kappa shape index (κ2) is 12.5. The molecule has 3 nitrogen and oxygen atoms in total. The van der Waals surface area contributed by atoms with Gasteiger partial charge in [-0.25, -0.2) is 8.42 Å². The Balaban J connectivity index is 1.98. The third-order valence-corrected chi connectivity index (χ3v) is 4.49. The molecule has 0 aliphatic rings. The number of rotatable bonds is 13. The smallest absolute Gasteiger partial charge is 0.168 e. The van der Waals surface area contributed by atoms with Gasteiger partial charge in [0, 0.05) is 0 Å². The van der Waals surface area contributed by atoms with Crippen molar-refractivity contribution in [3.63, 3.8) is 0 Å². The maximum Gasteiger partial charge on any atom is 0.168 e. The van der Waals surface area contributed by atoms with E-state index in [0.717, 1.165) is 6.42 Å². The van der Waals surface area contributed by atoms with Crippen LogP contribution in [0.3, 0.4) is 0 Å². The van der Waals surface area contributed by atoms with Gasteiger partial charge in [-0.3, -0.25) is 0 Å². The molecule has 0 aromatic heterocycles. The van der Waals surface area contributed by atoms with Gasteiger partial charge < -0.3 is 4.74 Å². The lowest BCUT2D eigenvalue weighted by Gasteiger charge is -2.06. The summed E-state index contributed by atoms with van der Waals surface area (Å²) in [6, 6.07) is 6.69. The van der Waals surface area contributed by atoms with Crippen LogP contribution in [0, 0.1) is 0 Å². The number of ether oxygens (including phenoxy) is 1. The SMILES string of the molecule is CCCCCCCCCCCCOc1cccc([SH](=O)=O)c1. The lowest BCUT2D eigenvalue weighted by molar-refractivity contribution is 0.303. The Morgan fingerprint density at radius 1 is 0.864 bits per heavy atom. The van der Waals surface area contributed by atoms with Crippen molar-refractivity contribution in [1.29, 1.82) is 0 Å². The first-order valence-electron chi connectivity index (χ1n) is 8.61. The molecule has 1 aromatic rings. The van der Waals surface area contributed by atoms with Gasteiger partial charge in [-0.1, -0.05) is 70.8 Å². The standard InChI is InChI=1S/C18H30O3S/c1-2-3-4-5-6-7-8-9-10-11-15-21-17-13-12-14-18(16-17)22(19)20/h12-14,16,22H,2-11,15H2,1H3. The summed E-state index contributed by atoms with van der Waals surface area (Å²) in [6.45, 7) is 2.91. The van der Waals surface area contributed by atoms with E-state index in [4.69, 9.17) is 4.74 Å². The minimum Gasteiger partial charge on any atom is -0.494 e. The molecule has 0 aliphatic heterocycles. The molecular formula is C18H30O3S. The van der Waals surface area contributed by atoms with Crippen molar-refractivity contribution in [2.75, 3.05) is 6.61 Å². The van der Waals surface area contributed by atoms with Gasteiger partial charge in [0.25, 0.3) is 0 Å². The van der Waals surface area contributed by atoms with Crippen LogP contribution in [-0.2, 0) is 10.7 Å². The predicted molar refractivity (Wildman–Crippen MR) is 92.4 cm³/mol. The Kier molecular flexibility index (Phi) is 10.8. The van der Waals surface area contributed by atoms with E-state index in [1.165, 1.54) is 57.8 Å². The Morgan fingerprint density at radius 2 is 1.45 bits per heavy atom. The van der Waals surface area contributed by atoms with Gasteiger partial charge in [0.15, 0.2) is 10.7 Å². The van der Waals surface area contributed by atoms with Crippen molar-refractivity contribution in [1.82, 2.24) is 0 Å². The van der Waals surface area contributed by atoms with Crippen LogP contribution in [0.1, 0.15) is 71.1 Å². The first-order valence-corrected chi connectivity index (χ1v) is 9.79. The van der Waals surface area contributed by atoms with Crippen LogP contribution < -0.4 is 4.74 Å². The van der Waals surface area contributed by atoms with Crippen LogP contribution >= 0.6 is 0 Å². The fourth-order valence-corrected chi connectivity index (χ4v) is 2.91. The molecule has 0 radical (unpaired) electrons. The lowest BCUT2D eigenvalue weighted by atomic mass is 10.1. The zero-order valence-corrected chi connectivity index (χ0v) is 14.7. The maximum atomic E-state index is 10.9. The van der Waals surface area contributed by atoms with Crippen molar-refractivity contribution in [3.05, 3.63) is 24.3 Å². The van der Waals surface area contributed by atoms with E-state index in [-0.39, 0.29) is 0 Å². The van der Waals surface area contributed by atoms with E-state index in [0.29, 0.717) is 17.3 Å². The highest BCUT2D eigenvalue weighted by Gasteiger charge is 1.99. The largest absolute Gasteiger partial charge is 0.494 e. The Morgan fingerprint density at radius 3 is 2.05 bits per heavy atom. The Labute approximate surface area is 137 Å². The first-order chi connectivity index (χ1) is 10.7. The van der Waals surface area contributed by atoms with Crippen LogP contribution in [0.2, 0.25) is 0 Å². The van der Waals surface area contributed by atoms with E-state index >= 15 is 0 Å². The van der Waals surface area contributed by atoms with Crippen LogP contribution in [0.15, 0.2) is 29.2 Å². The van der Waals surface area contributed by atoms with Gasteiger partial charge in [-0.2, -0.15) is 0 Å². The van der Waals surface area contributed by atoms with Crippen molar-refractivity contribution in [3.8, 4) is 5.75 Å². The molecule has 0 spiro atoms. The third kappa shape index (κ3) is 9.08. The van der Waals surface area contributed by atoms with E-state index in [9.17, 15) is 8.42 Å². The highest BCUT2D eigenvalue weighted by molar-refractivity contribution is 7.72.